The molecule has 2 fully saturated rings. The van der Waals surface area contributed by atoms with Gasteiger partial charge in [-0.25, -0.2) is 0 Å². The molecule has 0 unspecified atom stereocenters. The number of nitrogens with zero attached hydrogens (tertiary/aromatic N) is 1. The fraction of sp³-hybridized carbons (Fsp3) is 0.318. The number of fused-ring (bicyclic) bond motifs is 1. The van der Waals surface area contributed by atoms with Crippen molar-refractivity contribution in [3.63, 3.8) is 0 Å². The molecule has 0 aromatic heterocycles. The van der Waals surface area contributed by atoms with Crippen molar-refractivity contribution < 1.29 is 14.3 Å². The van der Waals surface area contributed by atoms with E-state index in [1.165, 1.54) is 5.56 Å². The number of hydrogen-bond acceptors (Lipinski definition) is 3. The SMILES string of the molecule is COc1ccc(N2C(=O)[C@@H]3[C@H](I)[C@H]4C=C[C@@]3(O4)[C@@H]2Cc2ccccc2)cc1. The second kappa shape index (κ2) is 6.34. The maximum absolute atomic E-state index is 13.5. The van der Waals surface area contributed by atoms with E-state index in [-0.39, 0.29) is 27.9 Å². The summed E-state index contributed by atoms with van der Waals surface area (Å²) in [6.45, 7) is 0. The zero-order chi connectivity index (χ0) is 18.6. The smallest absolute Gasteiger partial charge is 0.235 e. The number of rotatable bonds is 4. The number of halogens is 1. The van der Waals surface area contributed by atoms with Crippen molar-refractivity contribution in [3.05, 3.63) is 72.3 Å². The number of alkyl halides is 1. The number of carbonyl (C=O) groups is 1. The topological polar surface area (TPSA) is 38.8 Å². The molecule has 1 spiro atoms. The first-order chi connectivity index (χ1) is 13.1. The van der Waals surface area contributed by atoms with Crippen LogP contribution in [-0.2, 0) is 16.0 Å². The fourth-order valence-corrected chi connectivity index (χ4v) is 5.97. The molecule has 0 N–H and O–H groups in total. The zero-order valence-corrected chi connectivity index (χ0v) is 17.1. The van der Waals surface area contributed by atoms with Crippen LogP contribution in [0.1, 0.15) is 5.56 Å². The summed E-state index contributed by atoms with van der Waals surface area (Å²) in [4.78, 5) is 15.5. The third-order valence-corrected chi connectivity index (χ3v) is 7.39. The molecule has 2 saturated heterocycles. The summed E-state index contributed by atoms with van der Waals surface area (Å²) in [6.07, 6.45) is 5.08. The Balaban J connectivity index is 1.59. The fourth-order valence-electron chi connectivity index (χ4n) is 4.72. The Bertz CT molecular complexity index is 898. The Labute approximate surface area is 172 Å². The molecule has 3 heterocycles. The Morgan fingerprint density at radius 3 is 2.59 bits per heavy atom. The minimum Gasteiger partial charge on any atom is -0.497 e. The highest BCUT2D eigenvalue weighted by molar-refractivity contribution is 14.1. The van der Waals surface area contributed by atoms with Crippen LogP contribution in [-0.4, -0.2) is 34.7 Å². The number of carbonyl (C=O) groups excluding carboxylic acids is 1. The van der Waals surface area contributed by atoms with Crippen LogP contribution >= 0.6 is 22.6 Å². The average Bonchev–Trinajstić information content (AvgIpc) is 3.32. The van der Waals surface area contributed by atoms with Crippen molar-refractivity contribution in [2.45, 2.75) is 28.1 Å². The molecule has 138 valence electrons. The predicted molar refractivity (Wildman–Crippen MR) is 112 cm³/mol. The molecule has 2 aromatic rings. The monoisotopic (exact) mass is 473 g/mol. The summed E-state index contributed by atoms with van der Waals surface area (Å²) >= 11 is 2.39. The van der Waals surface area contributed by atoms with Gasteiger partial charge in [0.25, 0.3) is 0 Å². The highest BCUT2D eigenvalue weighted by atomic mass is 127. The van der Waals surface area contributed by atoms with E-state index in [2.05, 4.69) is 46.9 Å². The summed E-state index contributed by atoms with van der Waals surface area (Å²) in [7, 11) is 1.65. The Morgan fingerprint density at radius 2 is 1.89 bits per heavy atom. The van der Waals surface area contributed by atoms with Crippen LogP contribution in [0.2, 0.25) is 0 Å². The van der Waals surface area contributed by atoms with Crippen LogP contribution < -0.4 is 9.64 Å². The lowest BCUT2D eigenvalue weighted by Crippen LogP contribution is -2.46. The van der Waals surface area contributed by atoms with Crippen LogP contribution in [0.4, 0.5) is 5.69 Å². The van der Waals surface area contributed by atoms with E-state index in [9.17, 15) is 4.79 Å². The number of hydrogen-bond donors (Lipinski definition) is 0. The normalized spacial score (nSPS) is 33.6. The molecule has 5 rings (SSSR count). The quantitative estimate of drug-likeness (QED) is 0.386. The van der Waals surface area contributed by atoms with Gasteiger partial charge in [0.05, 0.1) is 29.1 Å². The van der Waals surface area contributed by atoms with E-state index in [1.807, 2.05) is 47.4 Å². The van der Waals surface area contributed by atoms with E-state index in [1.54, 1.807) is 7.11 Å². The second-order valence-corrected chi connectivity index (χ2v) is 8.77. The maximum Gasteiger partial charge on any atom is 0.235 e. The molecule has 27 heavy (non-hydrogen) atoms. The van der Waals surface area contributed by atoms with Gasteiger partial charge in [-0.05, 0) is 36.2 Å². The lowest BCUT2D eigenvalue weighted by atomic mass is 9.79. The number of anilines is 1. The Hall–Kier alpha value is -1.86. The Kier molecular flexibility index (Phi) is 4.05. The molecule has 2 aromatic carbocycles. The first-order valence-electron chi connectivity index (χ1n) is 9.16. The third-order valence-electron chi connectivity index (χ3n) is 5.96. The van der Waals surface area contributed by atoms with E-state index in [0.29, 0.717) is 0 Å². The van der Waals surface area contributed by atoms with Gasteiger partial charge in [0.15, 0.2) is 0 Å². The summed E-state index contributed by atoms with van der Waals surface area (Å²) in [5.74, 6) is 0.809. The van der Waals surface area contributed by atoms with Gasteiger partial charge in [0.1, 0.15) is 11.4 Å². The van der Waals surface area contributed by atoms with Gasteiger partial charge >= 0.3 is 0 Å². The molecule has 0 saturated carbocycles. The molecule has 2 bridgehead atoms. The first kappa shape index (κ1) is 17.3. The van der Waals surface area contributed by atoms with Gasteiger partial charge in [0, 0.05) is 5.69 Å². The maximum atomic E-state index is 13.5. The van der Waals surface area contributed by atoms with Crippen LogP contribution in [0, 0.1) is 5.92 Å². The van der Waals surface area contributed by atoms with Crippen LogP contribution in [0.15, 0.2) is 66.7 Å². The van der Waals surface area contributed by atoms with Gasteiger partial charge in [-0.3, -0.25) is 4.79 Å². The van der Waals surface area contributed by atoms with E-state index >= 15 is 0 Å². The lowest BCUT2D eigenvalue weighted by Gasteiger charge is -2.33. The predicted octanol–water partition coefficient (Wildman–Crippen LogP) is 3.78. The van der Waals surface area contributed by atoms with Gasteiger partial charge in [-0.1, -0.05) is 65.1 Å². The first-order valence-corrected chi connectivity index (χ1v) is 10.4. The van der Waals surface area contributed by atoms with Crippen LogP contribution in [0.5, 0.6) is 5.75 Å². The van der Waals surface area contributed by atoms with E-state index < -0.39 is 5.60 Å². The molecule has 0 aliphatic carbocycles. The highest BCUT2D eigenvalue weighted by Crippen LogP contribution is 2.55. The molecular formula is C22H20INO3. The molecule has 0 radical (unpaired) electrons. The standard InChI is InChI=1S/C22H20INO3/c1-26-16-9-7-15(8-10-16)24-18(13-14-5-3-2-4-6-14)22-12-11-17(27-22)20(23)19(22)21(24)25/h2-12,17-20H,13H2,1H3/t17-,18+,19+,20-,22-/m1/s1. The Morgan fingerprint density at radius 1 is 1.15 bits per heavy atom. The summed E-state index contributed by atoms with van der Waals surface area (Å²) in [6, 6.07) is 18.0. The number of benzene rings is 2. The minimum atomic E-state index is -0.538. The second-order valence-electron chi connectivity index (χ2n) is 7.33. The van der Waals surface area contributed by atoms with Crippen molar-refractivity contribution in [2.24, 2.45) is 5.92 Å². The molecule has 3 aliphatic heterocycles. The van der Waals surface area contributed by atoms with E-state index in [4.69, 9.17) is 9.47 Å². The number of ether oxygens (including phenoxy) is 2. The molecule has 5 atom stereocenters. The van der Waals surface area contributed by atoms with Crippen molar-refractivity contribution in [1.82, 2.24) is 0 Å². The molecule has 4 nitrogen and oxygen atoms in total. The van der Waals surface area contributed by atoms with Gasteiger partial charge in [-0.2, -0.15) is 0 Å². The summed E-state index contributed by atoms with van der Waals surface area (Å²) in [5, 5.41) is 0. The number of amides is 1. The molecule has 1 amide bonds. The van der Waals surface area contributed by atoms with Gasteiger partial charge in [0.2, 0.25) is 5.91 Å². The third kappa shape index (κ3) is 2.48. The summed E-state index contributed by atoms with van der Waals surface area (Å²) in [5.41, 5.74) is 1.57. The molecule has 3 aliphatic rings. The van der Waals surface area contributed by atoms with Crippen molar-refractivity contribution in [1.29, 1.82) is 0 Å². The van der Waals surface area contributed by atoms with Crippen molar-refractivity contribution in [3.8, 4) is 5.75 Å². The van der Waals surface area contributed by atoms with E-state index in [0.717, 1.165) is 17.9 Å². The lowest BCUT2D eigenvalue weighted by molar-refractivity contribution is -0.121. The highest BCUT2D eigenvalue weighted by Gasteiger charge is 2.69. The van der Waals surface area contributed by atoms with Crippen LogP contribution in [0.3, 0.4) is 0 Å². The van der Waals surface area contributed by atoms with Crippen LogP contribution in [0.25, 0.3) is 0 Å². The number of methoxy groups -OCH3 is 1. The zero-order valence-electron chi connectivity index (χ0n) is 14.9. The minimum absolute atomic E-state index is 0.0378. The largest absolute Gasteiger partial charge is 0.497 e. The molecule has 5 heteroatoms. The average molecular weight is 473 g/mol. The van der Waals surface area contributed by atoms with Gasteiger partial charge < -0.3 is 14.4 Å². The summed E-state index contributed by atoms with van der Waals surface area (Å²) < 4.78 is 11.9. The van der Waals surface area contributed by atoms with Crippen molar-refractivity contribution in [2.75, 3.05) is 12.0 Å². The van der Waals surface area contributed by atoms with Gasteiger partial charge in [-0.15, -0.1) is 0 Å². The molecular weight excluding hydrogens is 453 g/mol. The van der Waals surface area contributed by atoms with Crippen molar-refractivity contribution >= 4 is 34.2 Å².